The van der Waals surface area contributed by atoms with Crippen LogP contribution in [0, 0.1) is 0 Å². The van der Waals surface area contributed by atoms with Gasteiger partial charge in [0, 0.05) is 42.7 Å². The molecular formula is C28H36N4O3. The first-order valence-corrected chi connectivity index (χ1v) is 12.6. The molecule has 2 atom stereocenters. The van der Waals surface area contributed by atoms with Crippen LogP contribution >= 0.6 is 0 Å². The number of hydrogen-bond donors (Lipinski definition) is 4. The minimum atomic E-state index is -0.761. The number of amides is 2. The summed E-state index contributed by atoms with van der Waals surface area (Å²) < 4.78 is 0. The number of aromatic amines is 1. The molecule has 1 saturated heterocycles. The molecule has 0 radical (unpaired) electrons. The van der Waals surface area contributed by atoms with Crippen LogP contribution in [0.4, 0.5) is 5.69 Å². The molecule has 3 aromatic rings. The first-order chi connectivity index (χ1) is 16.9. The summed E-state index contributed by atoms with van der Waals surface area (Å²) in [6, 6.07) is 13.3. The number of benzene rings is 2. The quantitative estimate of drug-likeness (QED) is 0.360. The van der Waals surface area contributed by atoms with Gasteiger partial charge >= 0.3 is 0 Å². The number of nitrogens with one attached hydrogen (secondary N) is 3. The predicted octanol–water partition coefficient (Wildman–Crippen LogP) is 3.56. The molecule has 1 aliphatic rings. The first kappa shape index (κ1) is 24.9. The monoisotopic (exact) mass is 476 g/mol. The number of aliphatic hydroxyl groups excluding tert-OH is 1. The summed E-state index contributed by atoms with van der Waals surface area (Å²) in [4.78, 5) is 31.2. The van der Waals surface area contributed by atoms with Gasteiger partial charge in [0.25, 0.3) is 5.91 Å². The highest BCUT2D eigenvalue weighted by molar-refractivity contribution is 6.08. The summed E-state index contributed by atoms with van der Waals surface area (Å²) in [5.74, 6) is -0.179. The number of aromatic nitrogens is 1. The van der Waals surface area contributed by atoms with E-state index in [0.29, 0.717) is 31.5 Å². The molecule has 0 saturated carbocycles. The highest BCUT2D eigenvalue weighted by atomic mass is 16.3. The lowest BCUT2D eigenvalue weighted by Gasteiger charge is -2.26. The summed E-state index contributed by atoms with van der Waals surface area (Å²) in [6.45, 7) is 7.14. The number of aliphatic hydroxyl groups is 1. The molecule has 0 spiro atoms. The second-order valence-corrected chi connectivity index (χ2v) is 9.63. The zero-order chi connectivity index (χ0) is 24.9. The van der Waals surface area contributed by atoms with E-state index in [4.69, 9.17) is 0 Å². The smallest absolute Gasteiger partial charge is 0.251 e. The van der Waals surface area contributed by atoms with Crippen LogP contribution in [-0.2, 0) is 17.6 Å². The summed E-state index contributed by atoms with van der Waals surface area (Å²) in [5.41, 5.74) is 4.26. The van der Waals surface area contributed by atoms with E-state index < -0.39 is 12.1 Å². The fraction of sp³-hybridized carbons (Fsp3) is 0.429. The molecule has 0 aliphatic carbocycles. The van der Waals surface area contributed by atoms with Crippen molar-refractivity contribution in [3.05, 3.63) is 65.4 Å². The van der Waals surface area contributed by atoms with Crippen LogP contribution in [-0.4, -0.2) is 53.2 Å². The summed E-state index contributed by atoms with van der Waals surface area (Å²) in [7, 11) is 0. The van der Waals surface area contributed by atoms with Crippen LogP contribution in [0.2, 0.25) is 0 Å². The van der Waals surface area contributed by atoms with Crippen LogP contribution < -0.4 is 15.5 Å². The standard InChI is InChI=1S/C28H36N4O3/c1-4-20-16-30-27-22(20)14-21(15-24(27)32-12-8-11-26(32)34)28(35)31-23(25(33)17-29-18(2)3)13-19-9-6-5-7-10-19/h5-7,9-10,14-16,18,23,25,29-30,33H,4,8,11-13,17H2,1-3H3,(H,31,35)/t23-,25-/m0/s1. The van der Waals surface area contributed by atoms with Crippen molar-refractivity contribution in [1.29, 1.82) is 0 Å². The van der Waals surface area contributed by atoms with Crippen LogP contribution in [0.15, 0.2) is 48.7 Å². The summed E-state index contributed by atoms with van der Waals surface area (Å²) in [5, 5.41) is 18.3. The van der Waals surface area contributed by atoms with Gasteiger partial charge < -0.3 is 25.6 Å². The number of anilines is 1. The lowest BCUT2D eigenvalue weighted by Crippen LogP contribution is -2.49. The normalized spacial score (nSPS) is 15.7. The number of aryl methyl sites for hydroxylation is 1. The maximum atomic E-state index is 13.5. The molecule has 1 aromatic heterocycles. The van der Waals surface area contributed by atoms with E-state index in [9.17, 15) is 14.7 Å². The van der Waals surface area contributed by atoms with Gasteiger partial charge in [0.1, 0.15) is 0 Å². The zero-order valence-corrected chi connectivity index (χ0v) is 20.8. The van der Waals surface area contributed by atoms with Gasteiger partial charge in [-0.2, -0.15) is 0 Å². The molecular weight excluding hydrogens is 440 g/mol. The molecule has 35 heavy (non-hydrogen) atoms. The predicted molar refractivity (Wildman–Crippen MR) is 140 cm³/mol. The van der Waals surface area contributed by atoms with E-state index in [-0.39, 0.29) is 17.9 Å². The fourth-order valence-electron chi connectivity index (χ4n) is 4.71. The largest absolute Gasteiger partial charge is 0.390 e. The Morgan fingerprint density at radius 3 is 2.63 bits per heavy atom. The molecule has 1 fully saturated rings. The number of nitrogens with zero attached hydrogens (tertiary/aromatic N) is 1. The topological polar surface area (TPSA) is 97.5 Å². The van der Waals surface area contributed by atoms with Crippen molar-refractivity contribution in [2.24, 2.45) is 0 Å². The Morgan fingerprint density at radius 2 is 1.97 bits per heavy atom. The van der Waals surface area contributed by atoms with Crippen molar-refractivity contribution >= 4 is 28.4 Å². The molecule has 0 unspecified atom stereocenters. The zero-order valence-electron chi connectivity index (χ0n) is 20.8. The van der Waals surface area contributed by atoms with E-state index >= 15 is 0 Å². The first-order valence-electron chi connectivity index (χ1n) is 12.6. The maximum Gasteiger partial charge on any atom is 0.251 e. The van der Waals surface area contributed by atoms with Crippen LogP contribution in [0.3, 0.4) is 0 Å². The minimum absolute atomic E-state index is 0.0774. The SMILES string of the molecule is CCc1c[nH]c2c(N3CCCC3=O)cc(C(=O)N[C@@H](Cc3ccccc3)[C@@H](O)CNC(C)C)cc12. The van der Waals surface area contributed by atoms with Crippen molar-refractivity contribution in [3.8, 4) is 0 Å². The minimum Gasteiger partial charge on any atom is -0.390 e. The molecule has 4 rings (SSSR count). The molecule has 186 valence electrons. The Kier molecular flexibility index (Phi) is 7.88. The Hall–Kier alpha value is -3.16. The van der Waals surface area contributed by atoms with Gasteiger partial charge in [-0.25, -0.2) is 0 Å². The van der Waals surface area contributed by atoms with Crippen molar-refractivity contribution in [3.63, 3.8) is 0 Å². The van der Waals surface area contributed by atoms with Gasteiger partial charge in [0.05, 0.1) is 23.3 Å². The summed E-state index contributed by atoms with van der Waals surface area (Å²) in [6.07, 6.45) is 3.85. The van der Waals surface area contributed by atoms with Crippen molar-refractivity contribution in [2.75, 3.05) is 18.0 Å². The van der Waals surface area contributed by atoms with Gasteiger partial charge in [0.15, 0.2) is 0 Å². The average Bonchev–Trinajstić information content (AvgIpc) is 3.47. The third kappa shape index (κ3) is 5.74. The van der Waals surface area contributed by atoms with Crippen molar-refractivity contribution in [1.82, 2.24) is 15.6 Å². The number of fused-ring (bicyclic) bond motifs is 1. The maximum absolute atomic E-state index is 13.5. The number of H-pyrrole nitrogens is 1. The summed E-state index contributed by atoms with van der Waals surface area (Å²) >= 11 is 0. The van der Waals surface area contributed by atoms with E-state index in [1.165, 1.54) is 0 Å². The fourth-order valence-corrected chi connectivity index (χ4v) is 4.71. The van der Waals surface area contributed by atoms with Crippen LogP contribution in [0.1, 0.15) is 55.1 Å². The van der Waals surface area contributed by atoms with E-state index in [1.807, 2.05) is 56.4 Å². The van der Waals surface area contributed by atoms with Gasteiger partial charge in [-0.05, 0) is 42.5 Å². The Balaban J connectivity index is 1.65. The highest BCUT2D eigenvalue weighted by Gasteiger charge is 2.27. The molecule has 7 nitrogen and oxygen atoms in total. The van der Waals surface area contributed by atoms with Gasteiger partial charge in [-0.3, -0.25) is 9.59 Å². The third-order valence-corrected chi connectivity index (χ3v) is 6.68. The number of hydrogen-bond acceptors (Lipinski definition) is 4. The third-order valence-electron chi connectivity index (χ3n) is 6.68. The van der Waals surface area contributed by atoms with Crippen molar-refractivity contribution in [2.45, 2.75) is 64.6 Å². The van der Waals surface area contributed by atoms with Crippen LogP contribution in [0.5, 0.6) is 0 Å². The van der Waals surface area contributed by atoms with E-state index in [2.05, 4.69) is 22.5 Å². The van der Waals surface area contributed by atoms with Gasteiger partial charge in [-0.1, -0.05) is 51.1 Å². The highest BCUT2D eigenvalue weighted by Crippen LogP contribution is 2.33. The Bertz CT molecular complexity index is 1170. The van der Waals surface area contributed by atoms with Gasteiger partial charge in [-0.15, -0.1) is 0 Å². The van der Waals surface area contributed by atoms with E-state index in [1.54, 1.807) is 11.0 Å². The lowest BCUT2D eigenvalue weighted by molar-refractivity contribution is -0.117. The number of rotatable bonds is 10. The number of carbonyl (C=O) groups is 2. The molecule has 1 aliphatic heterocycles. The Morgan fingerprint density at radius 1 is 1.20 bits per heavy atom. The number of carbonyl (C=O) groups excluding carboxylic acids is 2. The molecule has 2 aromatic carbocycles. The second-order valence-electron chi connectivity index (χ2n) is 9.63. The molecule has 0 bridgehead atoms. The Labute approximate surface area is 206 Å². The molecule has 2 amide bonds. The average molecular weight is 477 g/mol. The molecule has 2 heterocycles. The molecule has 4 N–H and O–H groups in total. The van der Waals surface area contributed by atoms with Crippen molar-refractivity contribution < 1.29 is 14.7 Å². The van der Waals surface area contributed by atoms with E-state index in [0.717, 1.165) is 40.6 Å². The lowest BCUT2D eigenvalue weighted by atomic mass is 9.99. The second kappa shape index (κ2) is 11.1. The van der Waals surface area contributed by atoms with Crippen LogP contribution in [0.25, 0.3) is 10.9 Å². The van der Waals surface area contributed by atoms with Gasteiger partial charge in [0.2, 0.25) is 5.91 Å². The molecule has 7 heteroatoms.